The van der Waals surface area contributed by atoms with Gasteiger partial charge in [-0.3, -0.25) is 0 Å². The van der Waals surface area contributed by atoms with Gasteiger partial charge < -0.3 is 20.3 Å². The average molecular weight is 355 g/mol. The summed E-state index contributed by atoms with van der Waals surface area (Å²) in [6.45, 7) is 6.28. The van der Waals surface area contributed by atoms with E-state index in [1.165, 1.54) is 0 Å². The SMILES string of the molecule is CC(C)(C)N[C@H]1C[C@@H](C(O)c2ccc(Oc3ccccc3)cc2)C[C@@H]1O. The van der Waals surface area contributed by atoms with E-state index in [0.29, 0.717) is 6.42 Å². The summed E-state index contributed by atoms with van der Waals surface area (Å²) in [5, 5.41) is 24.5. The van der Waals surface area contributed by atoms with Gasteiger partial charge in [-0.15, -0.1) is 0 Å². The minimum atomic E-state index is -0.581. The fourth-order valence-corrected chi connectivity index (χ4v) is 3.65. The summed E-state index contributed by atoms with van der Waals surface area (Å²) in [5.41, 5.74) is 0.807. The van der Waals surface area contributed by atoms with Crippen LogP contribution in [0.3, 0.4) is 0 Å². The van der Waals surface area contributed by atoms with Crippen molar-refractivity contribution in [2.75, 3.05) is 0 Å². The van der Waals surface area contributed by atoms with Crippen LogP contribution in [-0.4, -0.2) is 27.9 Å². The van der Waals surface area contributed by atoms with Crippen LogP contribution in [0.25, 0.3) is 0 Å². The lowest BCUT2D eigenvalue weighted by Gasteiger charge is -2.28. The first-order chi connectivity index (χ1) is 12.3. The van der Waals surface area contributed by atoms with E-state index in [-0.39, 0.29) is 17.5 Å². The van der Waals surface area contributed by atoms with Crippen molar-refractivity contribution in [2.45, 2.75) is 57.4 Å². The number of hydrogen-bond acceptors (Lipinski definition) is 4. The molecule has 0 saturated heterocycles. The number of ether oxygens (including phenoxy) is 1. The maximum absolute atomic E-state index is 10.8. The molecule has 0 radical (unpaired) electrons. The largest absolute Gasteiger partial charge is 0.457 e. The Morgan fingerprint density at radius 2 is 1.58 bits per heavy atom. The van der Waals surface area contributed by atoms with Crippen molar-refractivity contribution in [3.63, 3.8) is 0 Å². The first-order valence-electron chi connectivity index (χ1n) is 9.28. The molecule has 4 heteroatoms. The Balaban J connectivity index is 1.62. The molecule has 1 saturated carbocycles. The Bertz CT molecular complexity index is 694. The number of nitrogens with one attached hydrogen (secondary N) is 1. The van der Waals surface area contributed by atoms with Crippen molar-refractivity contribution >= 4 is 0 Å². The number of para-hydroxylation sites is 1. The Morgan fingerprint density at radius 3 is 2.19 bits per heavy atom. The lowest BCUT2D eigenvalue weighted by molar-refractivity contribution is 0.0958. The van der Waals surface area contributed by atoms with Gasteiger partial charge >= 0.3 is 0 Å². The molecule has 0 aliphatic heterocycles. The lowest BCUT2D eigenvalue weighted by Crippen LogP contribution is -2.47. The van der Waals surface area contributed by atoms with Gasteiger partial charge in [-0.05, 0) is 69.4 Å². The molecule has 4 atom stereocenters. The highest BCUT2D eigenvalue weighted by Gasteiger charge is 2.38. The average Bonchev–Trinajstić information content (AvgIpc) is 2.95. The van der Waals surface area contributed by atoms with Crippen molar-refractivity contribution in [1.29, 1.82) is 0 Å². The van der Waals surface area contributed by atoms with Crippen LogP contribution >= 0.6 is 0 Å². The van der Waals surface area contributed by atoms with Gasteiger partial charge in [-0.1, -0.05) is 30.3 Å². The molecular formula is C22H29NO3. The molecule has 140 valence electrons. The van der Waals surface area contributed by atoms with Crippen LogP contribution in [-0.2, 0) is 0 Å². The molecular weight excluding hydrogens is 326 g/mol. The summed E-state index contributed by atoms with van der Waals surface area (Å²) >= 11 is 0. The van der Waals surface area contributed by atoms with E-state index < -0.39 is 12.2 Å². The molecule has 1 fully saturated rings. The first-order valence-corrected chi connectivity index (χ1v) is 9.28. The van der Waals surface area contributed by atoms with Crippen molar-refractivity contribution in [3.05, 3.63) is 60.2 Å². The molecule has 0 heterocycles. The maximum Gasteiger partial charge on any atom is 0.127 e. The molecule has 3 N–H and O–H groups in total. The zero-order chi connectivity index (χ0) is 18.7. The van der Waals surface area contributed by atoms with Gasteiger partial charge in [0.15, 0.2) is 0 Å². The predicted molar refractivity (Wildman–Crippen MR) is 103 cm³/mol. The highest BCUT2D eigenvalue weighted by Crippen LogP contribution is 2.37. The number of hydrogen-bond donors (Lipinski definition) is 3. The van der Waals surface area contributed by atoms with E-state index in [2.05, 4.69) is 26.1 Å². The molecule has 1 aliphatic carbocycles. The van der Waals surface area contributed by atoms with Crippen LogP contribution in [0.5, 0.6) is 11.5 Å². The van der Waals surface area contributed by atoms with E-state index in [1.807, 2.05) is 54.6 Å². The highest BCUT2D eigenvalue weighted by molar-refractivity contribution is 5.33. The zero-order valence-corrected chi connectivity index (χ0v) is 15.7. The van der Waals surface area contributed by atoms with Crippen LogP contribution < -0.4 is 10.1 Å². The van der Waals surface area contributed by atoms with Crippen LogP contribution in [0.15, 0.2) is 54.6 Å². The normalized spacial score (nSPS) is 24.4. The second-order valence-electron chi connectivity index (χ2n) is 8.23. The summed E-state index contributed by atoms with van der Waals surface area (Å²) in [6, 6.07) is 17.2. The summed E-state index contributed by atoms with van der Waals surface area (Å²) in [6.07, 6.45) is 0.371. The standard InChI is InChI=1S/C22H29NO3/c1-22(2,3)23-19-13-16(14-20(19)24)21(25)15-9-11-18(12-10-15)26-17-7-5-4-6-8-17/h4-12,16,19-21,23-25H,13-14H2,1-3H3/t16-,19+,20+,21?/m1/s1. The monoisotopic (exact) mass is 355 g/mol. The summed E-state index contributed by atoms with van der Waals surface area (Å²) in [4.78, 5) is 0. The van der Waals surface area contributed by atoms with E-state index in [1.54, 1.807) is 0 Å². The van der Waals surface area contributed by atoms with Crippen LogP contribution in [0.2, 0.25) is 0 Å². The lowest BCUT2D eigenvalue weighted by atomic mass is 9.94. The Morgan fingerprint density at radius 1 is 0.962 bits per heavy atom. The van der Waals surface area contributed by atoms with E-state index in [0.717, 1.165) is 23.5 Å². The third kappa shape index (κ3) is 4.85. The molecule has 0 amide bonds. The van der Waals surface area contributed by atoms with E-state index >= 15 is 0 Å². The number of benzene rings is 2. The second kappa shape index (κ2) is 7.78. The molecule has 0 aromatic heterocycles. The minimum Gasteiger partial charge on any atom is -0.457 e. The first kappa shape index (κ1) is 18.9. The summed E-state index contributed by atoms with van der Waals surface area (Å²) in [5.74, 6) is 1.58. The molecule has 0 spiro atoms. The van der Waals surface area contributed by atoms with Crippen molar-refractivity contribution in [1.82, 2.24) is 5.32 Å². The van der Waals surface area contributed by atoms with Crippen molar-refractivity contribution in [3.8, 4) is 11.5 Å². The highest BCUT2D eigenvalue weighted by atomic mass is 16.5. The van der Waals surface area contributed by atoms with E-state index in [9.17, 15) is 10.2 Å². The van der Waals surface area contributed by atoms with Gasteiger partial charge in [-0.25, -0.2) is 0 Å². The molecule has 0 bridgehead atoms. The van der Waals surface area contributed by atoms with Crippen LogP contribution in [0, 0.1) is 5.92 Å². The fraction of sp³-hybridized carbons (Fsp3) is 0.455. The fourth-order valence-electron chi connectivity index (χ4n) is 3.65. The molecule has 26 heavy (non-hydrogen) atoms. The number of aliphatic hydroxyl groups is 2. The summed E-state index contributed by atoms with van der Waals surface area (Å²) in [7, 11) is 0. The third-order valence-corrected chi connectivity index (χ3v) is 4.83. The zero-order valence-electron chi connectivity index (χ0n) is 15.7. The van der Waals surface area contributed by atoms with Gasteiger partial charge in [-0.2, -0.15) is 0 Å². The van der Waals surface area contributed by atoms with Crippen molar-refractivity contribution in [2.24, 2.45) is 5.92 Å². The molecule has 3 rings (SSSR count). The Kier molecular flexibility index (Phi) is 5.66. The number of rotatable bonds is 5. The molecule has 1 aliphatic rings. The summed E-state index contributed by atoms with van der Waals surface area (Å²) < 4.78 is 5.80. The Hall–Kier alpha value is -1.88. The van der Waals surface area contributed by atoms with Crippen molar-refractivity contribution < 1.29 is 14.9 Å². The molecule has 1 unspecified atom stereocenters. The quantitative estimate of drug-likeness (QED) is 0.757. The van der Waals surface area contributed by atoms with Gasteiger partial charge in [0.25, 0.3) is 0 Å². The van der Waals surface area contributed by atoms with Gasteiger partial charge in [0.1, 0.15) is 11.5 Å². The smallest absolute Gasteiger partial charge is 0.127 e. The second-order valence-corrected chi connectivity index (χ2v) is 8.23. The molecule has 2 aromatic carbocycles. The van der Waals surface area contributed by atoms with E-state index in [4.69, 9.17) is 4.74 Å². The minimum absolute atomic E-state index is 0.0235. The number of aliphatic hydroxyl groups excluding tert-OH is 2. The van der Waals surface area contributed by atoms with Crippen LogP contribution in [0.1, 0.15) is 45.3 Å². The topological polar surface area (TPSA) is 61.7 Å². The molecule has 4 nitrogen and oxygen atoms in total. The maximum atomic E-state index is 10.8. The predicted octanol–water partition coefficient (Wildman–Crippen LogP) is 4.04. The molecule has 2 aromatic rings. The van der Waals surface area contributed by atoms with Gasteiger partial charge in [0.2, 0.25) is 0 Å². The van der Waals surface area contributed by atoms with Gasteiger partial charge in [0, 0.05) is 11.6 Å². The van der Waals surface area contributed by atoms with Crippen LogP contribution in [0.4, 0.5) is 0 Å². The third-order valence-electron chi connectivity index (χ3n) is 4.83. The Labute approximate surface area is 155 Å². The van der Waals surface area contributed by atoms with Gasteiger partial charge in [0.05, 0.1) is 12.2 Å².